The van der Waals surface area contributed by atoms with E-state index in [0.717, 1.165) is 30.3 Å². The molecule has 3 aromatic rings. The quantitative estimate of drug-likeness (QED) is 0.500. The van der Waals surface area contributed by atoms with Gasteiger partial charge in [-0.25, -0.2) is 8.78 Å². The Bertz CT molecular complexity index is 937. The van der Waals surface area contributed by atoms with E-state index in [1.165, 1.54) is 12.1 Å². The largest absolute Gasteiger partial charge is 0.330 e. The SMILES string of the molecule is NC[C@H](c1cc(F)cc(F)c1)C1CN(C(c2ccc(Cl)cc2)c2ccc(Cl)cc2)C1. The Hall–Kier alpha value is -1.98. The highest BCUT2D eigenvalue weighted by Crippen LogP contribution is 2.40. The van der Waals surface area contributed by atoms with Gasteiger partial charge in [-0.3, -0.25) is 4.90 Å². The van der Waals surface area contributed by atoms with E-state index in [1.807, 2.05) is 48.5 Å². The maximum Gasteiger partial charge on any atom is 0.126 e. The van der Waals surface area contributed by atoms with E-state index in [4.69, 9.17) is 28.9 Å². The molecule has 1 saturated heterocycles. The summed E-state index contributed by atoms with van der Waals surface area (Å²) in [7, 11) is 0. The van der Waals surface area contributed by atoms with Crippen LogP contribution in [0.15, 0.2) is 66.7 Å². The molecule has 30 heavy (non-hydrogen) atoms. The van der Waals surface area contributed by atoms with Gasteiger partial charge in [0.1, 0.15) is 11.6 Å². The highest BCUT2D eigenvalue weighted by Gasteiger charge is 2.38. The van der Waals surface area contributed by atoms with Gasteiger partial charge in [-0.05, 0) is 65.6 Å². The molecule has 1 atom stereocenters. The van der Waals surface area contributed by atoms with Gasteiger partial charge >= 0.3 is 0 Å². The average molecular weight is 447 g/mol. The molecule has 156 valence electrons. The second-order valence-corrected chi connectivity index (χ2v) is 8.64. The van der Waals surface area contributed by atoms with Crippen molar-refractivity contribution in [2.24, 2.45) is 11.7 Å². The average Bonchev–Trinajstić information content (AvgIpc) is 2.68. The van der Waals surface area contributed by atoms with Crippen molar-refractivity contribution in [3.05, 3.63) is 105 Å². The molecule has 1 heterocycles. The first-order chi connectivity index (χ1) is 14.4. The van der Waals surface area contributed by atoms with E-state index < -0.39 is 11.6 Å². The second-order valence-electron chi connectivity index (χ2n) is 7.76. The van der Waals surface area contributed by atoms with Crippen LogP contribution in [0.1, 0.15) is 28.7 Å². The molecule has 0 radical (unpaired) electrons. The molecule has 0 aliphatic carbocycles. The summed E-state index contributed by atoms with van der Waals surface area (Å²) in [6, 6.07) is 19.3. The Morgan fingerprint density at radius 3 is 1.70 bits per heavy atom. The van der Waals surface area contributed by atoms with E-state index in [1.54, 1.807) is 0 Å². The van der Waals surface area contributed by atoms with Crippen LogP contribution >= 0.6 is 23.2 Å². The Kier molecular flexibility index (Phi) is 6.40. The maximum atomic E-state index is 13.7. The fraction of sp³-hybridized carbons (Fsp3) is 0.250. The first-order valence-corrected chi connectivity index (χ1v) is 10.6. The van der Waals surface area contributed by atoms with Gasteiger partial charge in [0, 0.05) is 35.1 Å². The van der Waals surface area contributed by atoms with Gasteiger partial charge in [0.2, 0.25) is 0 Å². The maximum absolute atomic E-state index is 13.7. The third-order valence-electron chi connectivity index (χ3n) is 5.81. The molecule has 0 amide bonds. The molecule has 0 aromatic heterocycles. The van der Waals surface area contributed by atoms with Crippen LogP contribution in [0, 0.1) is 17.6 Å². The summed E-state index contributed by atoms with van der Waals surface area (Å²) in [6.07, 6.45) is 0. The van der Waals surface area contributed by atoms with E-state index in [9.17, 15) is 8.78 Å². The molecule has 1 aliphatic rings. The van der Waals surface area contributed by atoms with Crippen molar-refractivity contribution >= 4 is 23.2 Å². The number of rotatable bonds is 6. The van der Waals surface area contributed by atoms with Gasteiger partial charge in [-0.15, -0.1) is 0 Å². The monoisotopic (exact) mass is 446 g/mol. The molecule has 2 nitrogen and oxygen atoms in total. The van der Waals surface area contributed by atoms with Gasteiger partial charge in [-0.2, -0.15) is 0 Å². The van der Waals surface area contributed by atoms with Crippen LogP contribution in [0.25, 0.3) is 0 Å². The number of benzene rings is 3. The lowest BCUT2D eigenvalue weighted by molar-refractivity contribution is 0.0529. The highest BCUT2D eigenvalue weighted by atomic mass is 35.5. The summed E-state index contributed by atoms with van der Waals surface area (Å²) in [5, 5.41) is 1.37. The van der Waals surface area contributed by atoms with Crippen LogP contribution in [-0.2, 0) is 0 Å². The van der Waals surface area contributed by atoms with Crippen molar-refractivity contribution in [1.82, 2.24) is 4.90 Å². The zero-order valence-corrected chi connectivity index (χ0v) is 17.8. The Balaban J connectivity index is 1.58. The van der Waals surface area contributed by atoms with Crippen LogP contribution in [0.5, 0.6) is 0 Å². The molecule has 2 N–H and O–H groups in total. The predicted molar refractivity (Wildman–Crippen MR) is 118 cm³/mol. The van der Waals surface area contributed by atoms with Gasteiger partial charge in [0.25, 0.3) is 0 Å². The molecule has 1 fully saturated rings. The minimum atomic E-state index is -0.570. The fourth-order valence-electron chi connectivity index (χ4n) is 4.31. The zero-order valence-electron chi connectivity index (χ0n) is 16.2. The van der Waals surface area contributed by atoms with Crippen LogP contribution in [0.2, 0.25) is 10.0 Å². The predicted octanol–water partition coefficient (Wildman–Crippen LogP) is 6.04. The van der Waals surface area contributed by atoms with E-state index in [-0.39, 0.29) is 17.9 Å². The Labute approximate surface area is 185 Å². The molecule has 4 rings (SSSR count). The smallest absolute Gasteiger partial charge is 0.126 e. The van der Waals surface area contributed by atoms with Crippen LogP contribution < -0.4 is 5.73 Å². The summed E-state index contributed by atoms with van der Waals surface area (Å²) < 4.78 is 27.4. The van der Waals surface area contributed by atoms with E-state index in [2.05, 4.69) is 4.90 Å². The summed E-state index contributed by atoms with van der Waals surface area (Å²) in [5.41, 5.74) is 8.87. The summed E-state index contributed by atoms with van der Waals surface area (Å²) >= 11 is 12.2. The molecular formula is C24H22Cl2F2N2. The summed E-state index contributed by atoms with van der Waals surface area (Å²) in [6.45, 7) is 1.89. The lowest BCUT2D eigenvalue weighted by Crippen LogP contribution is -2.52. The van der Waals surface area contributed by atoms with Crippen molar-refractivity contribution in [3.8, 4) is 0 Å². The number of nitrogens with zero attached hydrogens (tertiary/aromatic N) is 1. The highest BCUT2D eigenvalue weighted by molar-refractivity contribution is 6.30. The molecule has 0 unspecified atom stereocenters. The third-order valence-corrected chi connectivity index (χ3v) is 6.31. The summed E-state index contributed by atoms with van der Waals surface area (Å²) in [5.74, 6) is -1.01. The number of halogens is 4. The Morgan fingerprint density at radius 2 is 1.27 bits per heavy atom. The topological polar surface area (TPSA) is 29.3 Å². The standard InChI is InChI=1S/C24H22Cl2F2N2/c25-19-5-1-15(2-6-19)24(16-3-7-20(26)8-4-16)30-13-18(14-30)23(12-29)17-9-21(27)11-22(28)10-17/h1-11,18,23-24H,12-14,29H2/t23-/m1/s1. The fourth-order valence-corrected chi connectivity index (χ4v) is 4.56. The lowest BCUT2D eigenvalue weighted by atomic mass is 9.79. The van der Waals surface area contributed by atoms with E-state index >= 15 is 0 Å². The normalized spacial score (nSPS) is 15.9. The molecule has 1 aliphatic heterocycles. The van der Waals surface area contributed by atoms with Crippen molar-refractivity contribution in [2.45, 2.75) is 12.0 Å². The first kappa shape index (κ1) is 21.3. The van der Waals surface area contributed by atoms with Gasteiger partial charge in [0.15, 0.2) is 0 Å². The number of hydrogen-bond acceptors (Lipinski definition) is 2. The van der Waals surface area contributed by atoms with Crippen LogP contribution in [0.4, 0.5) is 8.78 Å². The van der Waals surface area contributed by atoms with E-state index in [0.29, 0.717) is 22.2 Å². The third kappa shape index (κ3) is 4.52. The second kappa shape index (κ2) is 9.03. The number of nitrogens with two attached hydrogens (primary N) is 1. The Morgan fingerprint density at radius 1 is 0.800 bits per heavy atom. The molecule has 0 spiro atoms. The van der Waals surface area contributed by atoms with Crippen molar-refractivity contribution in [1.29, 1.82) is 0 Å². The van der Waals surface area contributed by atoms with Crippen LogP contribution in [0.3, 0.4) is 0 Å². The molecule has 3 aromatic carbocycles. The van der Waals surface area contributed by atoms with Gasteiger partial charge in [-0.1, -0.05) is 47.5 Å². The van der Waals surface area contributed by atoms with Crippen molar-refractivity contribution < 1.29 is 8.78 Å². The number of likely N-dealkylation sites (tertiary alicyclic amines) is 1. The van der Waals surface area contributed by atoms with Gasteiger partial charge in [0.05, 0.1) is 6.04 Å². The molecule has 0 saturated carbocycles. The zero-order chi connectivity index (χ0) is 21.3. The minimum Gasteiger partial charge on any atom is -0.330 e. The molecule has 0 bridgehead atoms. The number of hydrogen-bond donors (Lipinski definition) is 1. The summed E-state index contributed by atoms with van der Waals surface area (Å²) in [4.78, 5) is 2.34. The lowest BCUT2D eigenvalue weighted by Gasteiger charge is -2.48. The minimum absolute atomic E-state index is 0.0402. The molecular weight excluding hydrogens is 425 g/mol. The van der Waals surface area contributed by atoms with Gasteiger partial charge < -0.3 is 5.73 Å². The van der Waals surface area contributed by atoms with Crippen LogP contribution in [-0.4, -0.2) is 24.5 Å². The van der Waals surface area contributed by atoms with Crippen molar-refractivity contribution in [3.63, 3.8) is 0 Å². The molecule has 6 heteroatoms. The first-order valence-electron chi connectivity index (χ1n) is 9.85. The van der Waals surface area contributed by atoms with Crippen molar-refractivity contribution in [2.75, 3.05) is 19.6 Å².